The van der Waals surface area contributed by atoms with Crippen molar-refractivity contribution in [2.24, 2.45) is 7.05 Å². The predicted octanol–water partition coefficient (Wildman–Crippen LogP) is 1.60. The third-order valence-corrected chi connectivity index (χ3v) is 4.94. The van der Waals surface area contributed by atoms with Gasteiger partial charge in [-0.1, -0.05) is 13.8 Å². The monoisotopic (exact) mass is 279 g/mol. The Morgan fingerprint density at radius 3 is 2.55 bits per heavy atom. The fraction of sp³-hybridized carbons (Fsp3) is 0.867. The second-order valence-corrected chi connectivity index (χ2v) is 6.02. The summed E-state index contributed by atoms with van der Waals surface area (Å²) in [5.41, 5.74) is 0.193. The van der Waals surface area contributed by atoms with Crippen molar-refractivity contribution in [2.75, 3.05) is 19.6 Å². The fourth-order valence-corrected chi connectivity index (χ4v) is 3.36. The molecule has 1 aliphatic rings. The average molecular weight is 279 g/mol. The number of hydrogen-bond acceptors (Lipinski definition) is 4. The van der Waals surface area contributed by atoms with Crippen LogP contribution in [0.3, 0.4) is 0 Å². The van der Waals surface area contributed by atoms with Crippen LogP contribution < -0.4 is 5.32 Å². The Morgan fingerprint density at radius 1 is 1.35 bits per heavy atom. The minimum Gasteiger partial charge on any atom is -0.312 e. The highest BCUT2D eigenvalue weighted by molar-refractivity contribution is 5.02. The Hall–Kier alpha value is -0.940. The van der Waals surface area contributed by atoms with Crippen LogP contribution in [0.2, 0.25) is 0 Å². The van der Waals surface area contributed by atoms with E-state index in [2.05, 4.69) is 41.1 Å². The van der Waals surface area contributed by atoms with E-state index in [-0.39, 0.29) is 5.54 Å². The molecule has 1 aromatic heterocycles. The average Bonchev–Trinajstić information content (AvgIpc) is 3.10. The molecule has 0 saturated carbocycles. The zero-order chi connectivity index (χ0) is 14.6. The summed E-state index contributed by atoms with van der Waals surface area (Å²) in [6.45, 7) is 10.3. The number of nitrogens with zero attached hydrogens (tertiary/aromatic N) is 4. The number of likely N-dealkylation sites (N-methyl/N-ethyl adjacent to an activating group) is 1. The standard InChI is InChI=1S/C15H29N5/c1-5-15(3,20-9-7-8-10-20)13(16-6-2)11-14-17-12-18-19(14)4/h12-13,16H,5-11H2,1-4H3. The quantitative estimate of drug-likeness (QED) is 0.823. The van der Waals surface area contributed by atoms with Gasteiger partial charge in [0, 0.05) is 25.0 Å². The zero-order valence-corrected chi connectivity index (χ0v) is 13.4. The van der Waals surface area contributed by atoms with E-state index < -0.39 is 0 Å². The first-order valence-electron chi connectivity index (χ1n) is 7.93. The van der Waals surface area contributed by atoms with E-state index in [1.807, 2.05) is 11.7 Å². The molecular weight excluding hydrogens is 250 g/mol. The molecule has 0 aromatic carbocycles. The lowest BCUT2D eigenvalue weighted by molar-refractivity contribution is 0.0835. The summed E-state index contributed by atoms with van der Waals surface area (Å²) >= 11 is 0. The summed E-state index contributed by atoms with van der Waals surface area (Å²) in [5, 5.41) is 7.89. The third kappa shape index (κ3) is 3.04. The Labute approximate surface area is 122 Å². The van der Waals surface area contributed by atoms with Crippen molar-refractivity contribution in [2.45, 2.75) is 58.0 Å². The fourth-order valence-electron chi connectivity index (χ4n) is 3.36. The third-order valence-electron chi connectivity index (χ3n) is 4.94. The Balaban J connectivity index is 2.18. The van der Waals surface area contributed by atoms with Crippen LogP contribution >= 0.6 is 0 Å². The van der Waals surface area contributed by atoms with Crippen LogP contribution in [0.15, 0.2) is 6.33 Å². The van der Waals surface area contributed by atoms with Crippen molar-refractivity contribution in [3.05, 3.63) is 12.2 Å². The number of likely N-dealkylation sites (tertiary alicyclic amines) is 1. The summed E-state index contributed by atoms with van der Waals surface area (Å²) in [6.07, 6.45) is 6.40. The maximum absolute atomic E-state index is 4.41. The first-order valence-corrected chi connectivity index (χ1v) is 7.93. The Bertz CT molecular complexity index is 410. The topological polar surface area (TPSA) is 46.0 Å². The van der Waals surface area contributed by atoms with Crippen molar-refractivity contribution in [3.8, 4) is 0 Å². The first kappa shape index (κ1) is 15.4. The van der Waals surface area contributed by atoms with Crippen molar-refractivity contribution in [1.29, 1.82) is 0 Å². The molecule has 1 fully saturated rings. The van der Waals surface area contributed by atoms with Crippen LogP contribution in [0.4, 0.5) is 0 Å². The Kier molecular flexibility index (Phi) is 5.16. The second kappa shape index (κ2) is 6.68. The van der Waals surface area contributed by atoms with Gasteiger partial charge in [0.2, 0.25) is 0 Å². The molecule has 0 amide bonds. The van der Waals surface area contributed by atoms with Crippen LogP contribution in [-0.2, 0) is 13.5 Å². The van der Waals surface area contributed by atoms with Crippen LogP contribution in [0, 0.1) is 0 Å². The highest BCUT2D eigenvalue weighted by atomic mass is 15.3. The van der Waals surface area contributed by atoms with Gasteiger partial charge in [0.25, 0.3) is 0 Å². The van der Waals surface area contributed by atoms with Gasteiger partial charge in [-0.05, 0) is 45.8 Å². The maximum Gasteiger partial charge on any atom is 0.138 e. The lowest BCUT2D eigenvalue weighted by atomic mass is 9.85. The first-order chi connectivity index (χ1) is 9.61. The molecule has 20 heavy (non-hydrogen) atoms. The molecule has 0 radical (unpaired) electrons. The molecule has 1 aliphatic heterocycles. The maximum atomic E-state index is 4.41. The minimum atomic E-state index is 0.193. The van der Waals surface area contributed by atoms with E-state index in [0.29, 0.717) is 6.04 Å². The summed E-state index contributed by atoms with van der Waals surface area (Å²) in [5.74, 6) is 1.06. The minimum absolute atomic E-state index is 0.193. The van der Waals surface area contributed by atoms with Gasteiger partial charge in [0.05, 0.1) is 0 Å². The second-order valence-electron chi connectivity index (χ2n) is 6.02. The molecule has 5 heteroatoms. The molecule has 2 atom stereocenters. The van der Waals surface area contributed by atoms with Gasteiger partial charge in [-0.3, -0.25) is 9.58 Å². The van der Waals surface area contributed by atoms with Gasteiger partial charge >= 0.3 is 0 Å². The van der Waals surface area contributed by atoms with E-state index in [4.69, 9.17) is 0 Å². The van der Waals surface area contributed by atoms with Gasteiger partial charge in [-0.2, -0.15) is 5.10 Å². The summed E-state index contributed by atoms with van der Waals surface area (Å²) < 4.78 is 1.89. The molecule has 0 aliphatic carbocycles. The predicted molar refractivity (Wildman–Crippen MR) is 81.7 cm³/mol. The molecule has 5 nitrogen and oxygen atoms in total. The van der Waals surface area contributed by atoms with Crippen molar-refractivity contribution < 1.29 is 0 Å². The van der Waals surface area contributed by atoms with Crippen LogP contribution in [0.5, 0.6) is 0 Å². The van der Waals surface area contributed by atoms with Crippen molar-refractivity contribution in [1.82, 2.24) is 25.0 Å². The molecule has 0 spiro atoms. The van der Waals surface area contributed by atoms with Gasteiger partial charge in [0.15, 0.2) is 0 Å². The number of aromatic nitrogens is 3. The molecule has 1 N–H and O–H groups in total. The molecule has 114 valence electrons. The number of rotatable bonds is 7. The summed E-state index contributed by atoms with van der Waals surface area (Å²) in [6, 6.07) is 0.415. The number of nitrogens with one attached hydrogen (secondary N) is 1. The molecule has 2 heterocycles. The van der Waals surface area contributed by atoms with Crippen molar-refractivity contribution in [3.63, 3.8) is 0 Å². The summed E-state index contributed by atoms with van der Waals surface area (Å²) in [4.78, 5) is 7.07. The van der Waals surface area contributed by atoms with Crippen molar-refractivity contribution >= 4 is 0 Å². The molecule has 1 aromatic rings. The molecule has 0 bridgehead atoms. The van der Waals surface area contributed by atoms with Gasteiger partial charge < -0.3 is 5.32 Å². The number of aryl methyl sites for hydroxylation is 1. The summed E-state index contributed by atoms with van der Waals surface area (Å²) in [7, 11) is 1.98. The normalized spacial score (nSPS) is 21.0. The van der Waals surface area contributed by atoms with Gasteiger partial charge in [-0.15, -0.1) is 0 Å². The number of hydrogen-bond donors (Lipinski definition) is 1. The lowest BCUT2D eigenvalue weighted by Crippen LogP contribution is -2.59. The van der Waals surface area contributed by atoms with Crippen LogP contribution in [0.1, 0.15) is 45.9 Å². The Morgan fingerprint density at radius 2 is 2.05 bits per heavy atom. The highest BCUT2D eigenvalue weighted by Crippen LogP contribution is 2.29. The largest absolute Gasteiger partial charge is 0.312 e. The van der Waals surface area contributed by atoms with E-state index in [1.165, 1.54) is 25.9 Å². The zero-order valence-electron chi connectivity index (χ0n) is 13.4. The van der Waals surface area contributed by atoms with Gasteiger partial charge in [0.1, 0.15) is 12.2 Å². The van der Waals surface area contributed by atoms with E-state index in [0.717, 1.165) is 25.2 Å². The van der Waals surface area contributed by atoms with Crippen LogP contribution in [-0.4, -0.2) is 50.9 Å². The van der Waals surface area contributed by atoms with E-state index in [9.17, 15) is 0 Å². The van der Waals surface area contributed by atoms with E-state index in [1.54, 1.807) is 6.33 Å². The van der Waals surface area contributed by atoms with Crippen LogP contribution in [0.25, 0.3) is 0 Å². The SMILES string of the molecule is CCNC(Cc1ncnn1C)C(C)(CC)N1CCCC1. The highest BCUT2D eigenvalue weighted by Gasteiger charge is 2.39. The van der Waals surface area contributed by atoms with Gasteiger partial charge in [-0.25, -0.2) is 4.98 Å². The smallest absolute Gasteiger partial charge is 0.138 e. The lowest BCUT2D eigenvalue weighted by Gasteiger charge is -2.45. The molecule has 1 saturated heterocycles. The molecule has 2 rings (SSSR count). The van der Waals surface area contributed by atoms with E-state index >= 15 is 0 Å². The molecular formula is C15H29N5. The molecule has 2 unspecified atom stereocenters.